The lowest BCUT2D eigenvalue weighted by Crippen LogP contribution is -2.44. The number of ether oxygens (including phenoxy) is 1. The molecule has 0 unspecified atom stereocenters. The maximum absolute atomic E-state index is 13.5. The van der Waals surface area contributed by atoms with E-state index in [0.29, 0.717) is 5.82 Å². The SMILES string of the molecule is CC(C)(C)OC(=O)NCC(F)(F)CNCc1ncc[nH]1. The summed E-state index contributed by atoms with van der Waals surface area (Å²) in [5, 5.41) is 4.61. The first-order valence-electron chi connectivity index (χ1n) is 6.22. The molecule has 0 atom stereocenters. The summed E-state index contributed by atoms with van der Waals surface area (Å²) in [6.07, 6.45) is 2.29. The Hall–Kier alpha value is -1.70. The molecule has 8 heteroatoms. The van der Waals surface area contributed by atoms with Crippen LogP contribution in [0.25, 0.3) is 0 Å². The zero-order chi connectivity index (χ0) is 15.2. The standard InChI is InChI=1S/C12H20F2N4O2/c1-11(2,3)20-10(19)18-8-12(13,14)7-15-6-9-16-4-5-17-9/h4-5,15H,6-8H2,1-3H3,(H,16,17)(H,18,19). The molecule has 0 spiro atoms. The van der Waals surface area contributed by atoms with E-state index in [1.165, 1.54) is 0 Å². The summed E-state index contributed by atoms with van der Waals surface area (Å²) in [7, 11) is 0. The number of halogens is 2. The van der Waals surface area contributed by atoms with Gasteiger partial charge in [-0.05, 0) is 20.8 Å². The normalized spacial score (nSPS) is 12.2. The molecule has 3 N–H and O–H groups in total. The van der Waals surface area contributed by atoms with Gasteiger partial charge in [0.05, 0.1) is 19.6 Å². The molecule has 0 bridgehead atoms. The predicted molar refractivity (Wildman–Crippen MR) is 69.5 cm³/mol. The van der Waals surface area contributed by atoms with Gasteiger partial charge in [0.1, 0.15) is 11.4 Å². The van der Waals surface area contributed by atoms with Crippen molar-refractivity contribution >= 4 is 6.09 Å². The summed E-state index contributed by atoms with van der Waals surface area (Å²) in [4.78, 5) is 18.0. The molecule has 0 aliphatic heterocycles. The van der Waals surface area contributed by atoms with Crippen molar-refractivity contribution in [1.82, 2.24) is 20.6 Å². The van der Waals surface area contributed by atoms with Crippen LogP contribution < -0.4 is 10.6 Å². The van der Waals surface area contributed by atoms with Crippen LogP contribution in [0.15, 0.2) is 12.4 Å². The zero-order valence-electron chi connectivity index (χ0n) is 11.8. The fourth-order valence-corrected chi connectivity index (χ4v) is 1.34. The number of amides is 1. The van der Waals surface area contributed by atoms with Gasteiger partial charge in [-0.1, -0.05) is 0 Å². The molecule has 0 aliphatic rings. The van der Waals surface area contributed by atoms with Crippen LogP contribution in [-0.4, -0.2) is 40.7 Å². The van der Waals surface area contributed by atoms with Crippen molar-refractivity contribution in [3.05, 3.63) is 18.2 Å². The van der Waals surface area contributed by atoms with Gasteiger partial charge in [-0.3, -0.25) is 0 Å². The number of rotatable bonds is 6. The molecule has 0 fully saturated rings. The van der Waals surface area contributed by atoms with Gasteiger partial charge < -0.3 is 20.4 Å². The second-order valence-electron chi connectivity index (χ2n) is 5.35. The monoisotopic (exact) mass is 290 g/mol. The largest absolute Gasteiger partial charge is 0.444 e. The van der Waals surface area contributed by atoms with Gasteiger partial charge in [-0.2, -0.15) is 0 Å². The number of carbonyl (C=O) groups is 1. The van der Waals surface area contributed by atoms with Gasteiger partial charge in [0, 0.05) is 12.4 Å². The minimum atomic E-state index is -3.07. The van der Waals surface area contributed by atoms with E-state index in [2.05, 4.69) is 15.3 Å². The van der Waals surface area contributed by atoms with E-state index in [1.807, 2.05) is 5.32 Å². The van der Waals surface area contributed by atoms with Crippen LogP contribution in [0.4, 0.5) is 13.6 Å². The average Bonchev–Trinajstić information content (AvgIpc) is 2.77. The van der Waals surface area contributed by atoms with Gasteiger partial charge in [0.2, 0.25) is 0 Å². The molecule has 0 saturated carbocycles. The minimum absolute atomic E-state index is 0.203. The number of nitrogens with zero attached hydrogens (tertiary/aromatic N) is 1. The second kappa shape index (κ2) is 6.65. The van der Waals surface area contributed by atoms with Gasteiger partial charge in [-0.25, -0.2) is 18.6 Å². The third-order valence-corrected chi connectivity index (χ3v) is 2.12. The van der Waals surface area contributed by atoms with Crippen LogP contribution in [-0.2, 0) is 11.3 Å². The van der Waals surface area contributed by atoms with Crippen LogP contribution >= 0.6 is 0 Å². The minimum Gasteiger partial charge on any atom is -0.444 e. The molecule has 1 rings (SSSR count). The quantitative estimate of drug-likeness (QED) is 0.744. The molecule has 0 radical (unpaired) electrons. The molecule has 1 aromatic rings. The highest BCUT2D eigenvalue weighted by atomic mass is 19.3. The Morgan fingerprint density at radius 3 is 2.65 bits per heavy atom. The van der Waals surface area contributed by atoms with E-state index in [1.54, 1.807) is 33.2 Å². The van der Waals surface area contributed by atoms with Crippen molar-refractivity contribution in [3.8, 4) is 0 Å². The summed E-state index contributed by atoms with van der Waals surface area (Å²) >= 11 is 0. The van der Waals surface area contributed by atoms with Crippen LogP contribution in [0, 0.1) is 0 Å². The molecular formula is C12H20F2N4O2. The first-order valence-corrected chi connectivity index (χ1v) is 6.22. The van der Waals surface area contributed by atoms with E-state index in [-0.39, 0.29) is 6.54 Å². The van der Waals surface area contributed by atoms with Crippen molar-refractivity contribution < 1.29 is 18.3 Å². The van der Waals surface area contributed by atoms with E-state index in [4.69, 9.17) is 4.74 Å². The van der Waals surface area contributed by atoms with Gasteiger partial charge in [-0.15, -0.1) is 0 Å². The fraction of sp³-hybridized carbons (Fsp3) is 0.667. The number of imidazole rings is 1. The number of aromatic nitrogens is 2. The Bertz CT molecular complexity index is 416. The smallest absolute Gasteiger partial charge is 0.407 e. The molecule has 0 saturated heterocycles. The zero-order valence-corrected chi connectivity index (χ0v) is 11.8. The molecule has 114 valence electrons. The average molecular weight is 290 g/mol. The Morgan fingerprint density at radius 2 is 2.10 bits per heavy atom. The lowest BCUT2D eigenvalue weighted by molar-refractivity contribution is -0.00386. The van der Waals surface area contributed by atoms with E-state index < -0.39 is 30.7 Å². The van der Waals surface area contributed by atoms with Crippen molar-refractivity contribution in [2.45, 2.75) is 38.8 Å². The van der Waals surface area contributed by atoms with Crippen molar-refractivity contribution in [1.29, 1.82) is 0 Å². The van der Waals surface area contributed by atoms with Crippen molar-refractivity contribution in [2.24, 2.45) is 0 Å². The molecule has 1 aromatic heterocycles. The maximum Gasteiger partial charge on any atom is 0.407 e. The first-order chi connectivity index (χ1) is 9.18. The number of nitrogens with one attached hydrogen (secondary N) is 3. The number of hydrogen-bond donors (Lipinski definition) is 3. The lowest BCUT2D eigenvalue weighted by Gasteiger charge is -2.22. The van der Waals surface area contributed by atoms with Crippen LogP contribution in [0.2, 0.25) is 0 Å². The number of H-pyrrole nitrogens is 1. The fourth-order valence-electron chi connectivity index (χ4n) is 1.34. The third kappa shape index (κ3) is 7.03. The second-order valence-corrected chi connectivity index (χ2v) is 5.35. The number of carbonyl (C=O) groups excluding carboxylic acids is 1. The molecule has 0 aromatic carbocycles. The van der Waals surface area contributed by atoms with Gasteiger partial charge in [0.25, 0.3) is 5.92 Å². The maximum atomic E-state index is 13.5. The highest BCUT2D eigenvalue weighted by Crippen LogP contribution is 2.11. The Labute approximate surface area is 116 Å². The number of hydrogen-bond acceptors (Lipinski definition) is 4. The summed E-state index contributed by atoms with van der Waals surface area (Å²) in [5.74, 6) is -2.50. The van der Waals surface area contributed by atoms with Crippen molar-refractivity contribution in [3.63, 3.8) is 0 Å². The van der Waals surface area contributed by atoms with E-state index in [9.17, 15) is 13.6 Å². The Morgan fingerprint density at radius 1 is 1.40 bits per heavy atom. The summed E-state index contributed by atoms with van der Waals surface area (Å²) in [6.45, 7) is 3.84. The van der Waals surface area contributed by atoms with Gasteiger partial charge >= 0.3 is 6.09 Å². The lowest BCUT2D eigenvalue weighted by atomic mass is 10.2. The van der Waals surface area contributed by atoms with E-state index >= 15 is 0 Å². The summed E-state index contributed by atoms with van der Waals surface area (Å²) in [6, 6.07) is 0. The van der Waals surface area contributed by atoms with E-state index in [0.717, 1.165) is 0 Å². The summed E-state index contributed by atoms with van der Waals surface area (Å²) < 4.78 is 31.8. The highest BCUT2D eigenvalue weighted by Gasteiger charge is 2.30. The first kappa shape index (κ1) is 16.4. The highest BCUT2D eigenvalue weighted by molar-refractivity contribution is 5.67. The van der Waals surface area contributed by atoms with Crippen LogP contribution in [0.5, 0.6) is 0 Å². The number of alkyl halides is 2. The number of alkyl carbamates (subject to hydrolysis) is 1. The molecule has 0 aliphatic carbocycles. The molecule has 1 amide bonds. The van der Waals surface area contributed by atoms with Gasteiger partial charge in [0.15, 0.2) is 0 Å². The summed E-state index contributed by atoms with van der Waals surface area (Å²) in [5.41, 5.74) is -0.711. The van der Waals surface area contributed by atoms with Crippen LogP contribution in [0.3, 0.4) is 0 Å². The van der Waals surface area contributed by atoms with Crippen LogP contribution in [0.1, 0.15) is 26.6 Å². The Kier molecular flexibility index (Phi) is 5.43. The predicted octanol–water partition coefficient (Wildman–Crippen LogP) is 1.66. The molecule has 20 heavy (non-hydrogen) atoms. The van der Waals surface area contributed by atoms with Crippen molar-refractivity contribution in [2.75, 3.05) is 13.1 Å². The third-order valence-electron chi connectivity index (χ3n) is 2.12. The Balaban J connectivity index is 2.25. The molecule has 1 heterocycles. The molecule has 6 nitrogen and oxygen atoms in total. The number of aromatic amines is 1. The topological polar surface area (TPSA) is 79.0 Å². The molecular weight excluding hydrogens is 270 g/mol.